The van der Waals surface area contributed by atoms with Crippen molar-refractivity contribution in [2.75, 3.05) is 18.4 Å². The Labute approximate surface area is 187 Å². The number of anilines is 1. The zero-order chi connectivity index (χ0) is 22.8. The fourth-order valence-electron chi connectivity index (χ4n) is 3.30. The zero-order valence-electron chi connectivity index (χ0n) is 16.4. The van der Waals surface area contributed by atoms with Crippen LogP contribution in [0.3, 0.4) is 0 Å². The molecule has 12 heteroatoms. The van der Waals surface area contributed by atoms with Gasteiger partial charge in [0.15, 0.2) is 0 Å². The Hall–Kier alpha value is -1.66. The summed E-state index contributed by atoms with van der Waals surface area (Å²) in [6, 6.07) is 5.07. The van der Waals surface area contributed by atoms with Gasteiger partial charge in [0.25, 0.3) is 0 Å². The molecule has 1 atom stereocenters. The molecule has 2 N–H and O–H groups in total. The number of carbonyl (C=O) groups excluding carboxylic acids is 1. The lowest BCUT2D eigenvalue weighted by Crippen LogP contribution is -2.50. The fourth-order valence-corrected chi connectivity index (χ4v) is 5.78. The van der Waals surface area contributed by atoms with Crippen LogP contribution in [0, 0.1) is 0 Å². The van der Waals surface area contributed by atoms with E-state index in [0.29, 0.717) is 25.9 Å². The summed E-state index contributed by atoms with van der Waals surface area (Å²) in [5.74, 6) is -0.487. The molecule has 1 aromatic carbocycles. The number of amides is 1. The van der Waals surface area contributed by atoms with Crippen molar-refractivity contribution in [2.24, 2.45) is 0 Å². The minimum atomic E-state index is -4.55. The smallest absolute Gasteiger partial charge is 0.323 e. The summed E-state index contributed by atoms with van der Waals surface area (Å²) in [6.45, 7) is 2.57. The molecule has 0 spiro atoms. The lowest BCUT2D eigenvalue weighted by Gasteiger charge is -2.35. The maximum absolute atomic E-state index is 12.9. The first-order chi connectivity index (χ1) is 14.5. The molecule has 1 amide bonds. The second-order valence-electron chi connectivity index (χ2n) is 7.22. The summed E-state index contributed by atoms with van der Waals surface area (Å²) < 4.78 is 66.4. The van der Waals surface area contributed by atoms with Crippen LogP contribution >= 0.6 is 22.9 Å². The molecule has 170 valence electrons. The van der Waals surface area contributed by atoms with Crippen molar-refractivity contribution >= 4 is 44.6 Å². The average molecular weight is 496 g/mol. The third kappa shape index (κ3) is 5.98. The van der Waals surface area contributed by atoms with Gasteiger partial charge in [-0.2, -0.15) is 13.2 Å². The highest BCUT2D eigenvalue weighted by molar-refractivity contribution is 7.91. The molecule has 6 nitrogen and oxygen atoms in total. The highest BCUT2D eigenvalue weighted by atomic mass is 35.5. The van der Waals surface area contributed by atoms with Gasteiger partial charge < -0.3 is 5.32 Å². The number of piperidine rings is 1. The maximum Gasteiger partial charge on any atom is 0.416 e. The van der Waals surface area contributed by atoms with Gasteiger partial charge in [0, 0.05) is 19.1 Å². The number of halogens is 4. The van der Waals surface area contributed by atoms with Crippen molar-refractivity contribution in [3.63, 3.8) is 0 Å². The van der Waals surface area contributed by atoms with Crippen LogP contribution in [0.5, 0.6) is 0 Å². The number of rotatable bonds is 6. The molecule has 0 bridgehead atoms. The van der Waals surface area contributed by atoms with E-state index >= 15 is 0 Å². The topological polar surface area (TPSA) is 78.5 Å². The summed E-state index contributed by atoms with van der Waals surface area (Å²) in [7, 11) is -3.57. The number of thiophene rings is 1. The van der Waals surface area contributed by atoms with Crippen LogP contribution in [0.4, 0.5) is 18.9 Å². The van der Waals surface area contributed by atoms with Crippen molar-refractivity contribution in [1.29, 1.82) is 0 Å². The first-order valence-corrected chi connectivity index (χ1v) is 12.2. The van der Waals surface area contributed by atoms with E-state index in [0.717, 1.165) is 29.5 Å². The number of likely N-dealkylation sites (tertiary alicyclic amines) is 1. The Morgan fingerprint density at radius 1 is 1.26 bits per heavy atom. The van der Waals surface area contributed by atoms with Gasteiger partial charge in [0.2, 0.25) is 15.9 Å². The minimum absolute atomic E-state index is 0.00948. The van der Waals surface area contributed by atoms with Crippen molar-refractivity contribution in [1.82, 2.24) is 9.62 Å². The van der Waals surface area contributed by atoms with E-state index in [-0.39, 0.29) is 21.0 Å². The number of hydrogen-bond acceptors (Lipinski definition) is 5. The number of nitrogens with one attached hydrogen (secondary N) is 2. The number of hydrogen-bond donors (Lipinski definition) is 2. The van der Waals surface area contributed by atoms with E-state index in [9.17, 15) is 26.4 Å². The summed E-state index contributed by atoms with van der Waals surface area (Å²) in [6.07, 6.45) is -3.53. The van der Waals surface area contributed by atoms with Gasteiger partial charge in [-0.3, -0.25) is 9.69 Å². The molecule has 1 fully saturated rings. The van der Waals surface area contributed by atoms with Crippen LogP contribution in [-0.4, -0.2) is 44.4 Å². The van der Waals surface area contributed by atoms with E-state index in [1.807, 2.05) is 4.90 Å². The molecule has 2 aromatic rings. The van der Waals surface area contributed by atoms with Crippen molar-refractivity contribution in [3.05, 3.63) is 46.3 Å². The van der Waals surface area contributed by atoms with Crippen LogP contribution in [0.25, 0.3) is 0 Å². The molecule has 1 aromatic heterocycles. The van der Waals surface area contributed by atoms with Crippen LogP contribution < -0.4 is 10.0 Å². The molecule has 1 aliphatic rings. The first-order valence-electron chi connectivity index (χ1n) is 9.45. The molecule has 3 rings (SSSR count). The monoisotopic (exact) mass is 495 g/mol. The second kappa shape index (κ2) is 9.45. The summed E-state index contributed by atoms with van der Waals surface area (Å²) in [5.41, 5.74) is -1.01. The predicted molar refractivity (Wildman–Crippen MR) is 114 cm³/mol. The zero-order valence-corrected chi connectivity index (χ0v) is 18.8. The number of carbonyl (C=O) groups is 1. The van der Waals surface area contributed by atoms with Crippen molar-refractivity contribution < 1.29 is 26.4 Å². The van der Waals surface area contributed by atoms with Crippen molar-refractivity contribution in [3.8, 4) is 0 Å². The molecule has 31 heavy (non-hydrogen) atoms. The Morgan fingerprint density at radius 2 is 1.94 bits per heavy atom. The fraction of sp³-hybridized carbons (Fsp3) is 0.421. The molecule has 1 saturated heterocycles. The van der Waals surface area contributed by atoms with Crippen LogP contribution in [-0.2, 0) is 21.0 Å². The van der Waals surface area contributed by atoms with E-state index in [2.05, 4.69) is 10.0 Å². The van der Waals surface area contributed by atoms with Gasteiger partial charge in [-0.15, -0.1) is 11.3 Å². The summed E-state index contributed by atoms with van der Waals surface area (Å²) in [5, 5.41) is 4.16. The van der Waals surface area contributed by atoms with Gasteiger partial charge >= 0.3 is 6.18 Å². The lowest BCUT2D eigenvalue weighted by atomic mass is 10.0. The molecule has 0 saturated carbocycles. The number of nitrogens with zero attached hydrogens (tertiary/aromatic N) is 1. The third-order valence-electron chi connectivity index (χ3n) is 5.09. The summed E-state index contributed by atoms with van der Waals surface area (Å²) >= 11 is 7.08. The molecule has 0 radical (unpaired) electrons. The van der Waals surface area contributed by atoms with Gasteiger partial charge in [0.1, 0.15) is 4.21 Å². The minimum Gasteiger partial charge on any atom is -0.323 e. The molecule has 0 unspecified atom stereocenters. The van der Waals surface area contributed by atoms with E-state index in [4.69, 9.17) is 11.6 Å². The Morgan fingerprint density at radius 3 is 2.52 bits per heavy atom. The largest absolute Gasteiger partial charge is 0.416 e. The Kier molecular flexibility index (Phi) is 7.32. The molecule has 1 aliphatic heterocycles. The summed E-state index contributed by atoms with van der Waals surface area (Å²) in [4.78, 5) is 14.4. The van der Waals surface area contributed by atoms with Crippen LogP contribution in [0.2, 0.25) is 5.02 Å². The SMILES string of the molecule is C[C@@H](C(=O)Nc1cc(C(F)(F)F)ccc1Cl)N1CCC(NS(=O)(=O)c2cccs2)CC1. The standard InChI is InChI=1S/C19H21ClF3N3O3S2/c1-12(18(27)24-16-11-13(19(21,22)23)4-5-15(16)20)26-8-6-14(7-9-26)25-31(28,29)17-3-2-10-30-17/h2-5,10-12,14,25H,6-9H2,1H3,(H,24,27)/t12-/m0/s1. The molecule has 0 aliphatic carbocycles. The second-order valence-corrected chi connectivity index (χ2v) is 10.5. The highest BCUT2D eigenvalue weighted by Crippen LogP contribution is 2.34. The van der Waals surface area contributed by atoms with Gasteiger partial charge in [-0.05, 0) is 49.4 Å². The van der Waals surface area contributed by atoms with Crippen molar-refractivity contribution in [2.45, 2.75) is 42.2 Å². The number of sulfonamides is 1. The number of benzene rings is 1. The first kappa shape index (κ1) is 24.0. The van der Waals surface area contributed by atoms with E-state index < -0.39 is 33.7 Å². The van der Waals surface area contributed by atoms with Crippen LogP contribution in [0.1, 0.15) is 25.3 Å². The normalized spacial score (nSPS) is 17.5. The van der Waals surface area contributed by atoms with E-state index in [1.165, 1.54) is 6.07 Å². The molecular weight excluding hydrogens is 475 g/mol. The number of alkyl halides is 3. The predicted octanol–water partition coefficient (Wildman–Crippen LogP) is 4.19. The Bertz CT molecular complexity index is 1020. The quantitative estimate of drug-likeness (QED) is 0.630. The molecular formula is C19H21ClF3N3O3S2. The van der Waals surface area contributed by atoms with Gasteiger partial charge in [-0.1, -0.05) is 17.7 Å². The van der Waals surface area contributed by atoms with Gasteiger partial charge in [0.05, 0.1) is 22.3 Å². The van der Waals surface area contributed by atoms with Crippen LogP contribution in [0.15, 0.2) is 39.9 Å². The molecule has 2 heterocycles. The third-order valence-corrected chi connectivity index (χ3v) is 8.34. The Balaban J connectivity index is 1.57. The van der Waals surface area contributed by atoms with E-state index in [1.54, 1.807) is 18.4 Å². The lowest BCUT2D eigenvalue weighted by molar-refractivity contribution is -0.137. The highest BCUT2D eigenvalue weighted by Gasteiger charge is 2.32. The average Bonchev–Trinajstić information content (AvgIpc) is 3.24. The maximum atomic E-state index is 12.9. The van der Waals surface area contributed by atoms with Gasteiger partial charge in [-0.25, -0.2) is 13.1 Å².